The highest BCUT2D eigenvalue weighted by Crippen LogP contribution is 2.15. The summed E-state index contributed by atoms with van der Waals surface area (Å²) in [5.74, 6) is 0.148. The Bertz CT molecular complexity index is 654. The van der Waals surface area contributed by atoms with Gasteiger partial charge in [-0.1, -0.05) is 17.7 Å². The molecule has 0 saturated carbocycles. The van der Waals surface area contributed by atoms with Gasteiger partial charge in [0, 0.05) is 44.5 Å². The Morgan fingerprint density at radius 3 is 2.57 bits per heavy atom. The van der Waals surface area contributed by atoms with Gasteiger partial charge in [0.15, 0.2) is 0 Å². The quantitative estimate of drug-likeness (QED) is 0.941. The van der Waals surface area contributed by atoms with Crippen LogP contribution >= 0.6 is 0 Å². The summed E-state index contributed by atoms with van der Waals surface area (Å²) in [5, 5.41) is 3.57. The summed E-state index contributed by atoms with van der Waals surface area (Å²) in [6.07, 6.45) is 5.70. The average Bonchev–Trinajstić information content (AvgIpc) is 2.99. The minimum atomic E-state index is 0.148. The van der Waals surface area contributed by atoms with Crippen LogP contribution in [-0.2, 0) is 13.6 Å². The monoisotopic (exact) mass is 312 g/mol. The van der Waals surface area contributed by atoms with Crippen molar-refractivity contribution < 1.29 is 4.79 Å². The van der Waals surface area contributed by atoms with E-state index >= 15 is 0 Å². The molecule has 1 fully saturated rings. The molecule has 1 N–H and O–H groups in total. The molecule has 0 bridgehead atoms. The number of aromatic nitrogens is 2. The molecule has 5 nitrogen and oxygen atoms in total. The van der Waals surface area contributed by atoms with E-state index in [0.29, 0.717) is 6.04 Å². The summed E-state index contributed by atoms with van der Waals surface area (Å²) in [4.78, 5) is 18.6. The lowest BCUT2D eigenvalue weighted by Gasteiger charge is -2.32. The van der Waals surface area contributed by atoms with Gasteiger partial charge in [0.2, 0.25) is 0 Å². The van der Waals surface area contributed by atoms with Crippen LogP contribution in [0.4, 0.5) is 0 Å². The molecule has 1 aromatic carbocycles. The second-order valence-corrected chi connectivity index (χ2v) is 6.31. The molecule has 2 heterocycles. The lowest BCUT2D eigenvalue weighted by molar-refractivity contribution is 0.0704. The van der Waals surface area contributed by atoms with E-state index in [1.54, 1.807) is 0 Å². The van der Waals surface area contributed by atoms with Crippen LogP contribution in [0.1, 0.15) is 34.5 Å². The molecule has 2 aromatic rings. The largest absolute Gasteiger partial charge is 0.339 e. The maximum absolute atomic E-state index is 12.5. The van der Waals surface area contributed by atoms with Crippen molar-refractivity contribution in [3.8, 4) is 0 Å². The number of carbonyl (C=O) groups is 1. The molecule has 5 heteroatoms. The van der Waals surface area contributed by atoms with E-state index in [2.05, 4.69) is 10.3 Å². The van der Waals surface area contributed by atoms with Crippen molar-refractivity contribution in [1.82, 2.24) is 19.8 Å². The van der Waals surface area contributed by atoms with Crippen molar-refractivity contribution >= 4 is 5.91 Å². The van der Waals surface area contributed by atoms with E-state index in [-0.39, 0.29) is 5.91 Å². The van der Waals surface area contributed by atoms with Crippen molar-refractivity contribution in [2.45, 2.75) is 32.4 Å². The van der Waals surface area contributed by atoms with Gasteiger partial charge in [-0.05, 0) is 31.9 Å². The van der Waals surface area contributed by atoms with Crippen LogP contribution in [0.3, 0.4) is 0 Å². The number of rotatable bonds is 4. The van der Waals surface area contributed by atoms with E-state index in [1.807, 2.05) is 60.2 Å². The van der Waals surface area contributed by atoms with Gasteiger partial charge >= 0.3 is 0 Å². The zero-order valence-electron chi connectivity index (χ0n) is 13.8. The van der Waals surface area contributed by atoms with Crippen LogP contribution in [0.15, 0.2) is 36.8 Å². The highest BCUT2D eigenvalue weighted by atomic mass is 16.2. The molecule has 122 valence electrons. The predicted molar refractivity (Wildman–Crippen MR) is 90.2 cm³/mol. The molecule has 1 aliphatic rings. The standard InChI is InChI=1S/C18H24N4O/c1-14-3-5-15(6-4-14)18(23)22-9-7-16(8-10-22)20-12-17-11-19-13-21(17)2/h3-6,11,13,16,20H,7-10,12H2,1-2H3. The Kier molecular flexibility index (Phi) is 4.76. The Hall–Kier alpha value is -2.14. The lowest BCUT2D eigenvalue weighted by atomic mass is 10.0. The molecule has 23 heavy (non-hydrogen) atoms. The van der Waals surface area contributed by atoms with Gasteiger partial charge < -0.3 is 14.8 Å². The summed E-state index contributed by atoms with van der Waals surface area (Å²) >= 11 is 0. The fourth-order valence-electron chi connectivity index (χ4n) is 2.97. The molecule has 0 atom stereocenters. The van der Waals surface area contributed by atoms with Gasteiger partial charge in [-0.2, -0.15) is 0 Å². The summed E-state index contributed by atoms with van der Waals surface area (Å²) < 4.78 is 2.03. The predicted octanol–water partition coefficient (Wildman–Crippen LogP) is 2.12. The number of imidazole rings is 1. The second-order valence-electron chi connectivity index (χ2n) is 6.31. The van der Waals surface area contributed by atoms with Crippen molar-refractivity contribution in [3.05, 3.63) is 53.6 Å². The fourth-order valence-corrected chi connectivity index (χ4v) is 2.97. The van der Waals surface area contributed by atoms with E-state index in [9.17, 15) is 4.79 Å². The SMILES string of the molecule is Cc1ccc(C(=O)N2CCC(NCc3cncn3C)CC2)cc1. The summed E-state index contributed by atoms with van der Waals surface area (Å²) in [5.41, 5.74) is 3.15. The molecule has 0 aliphatic carbocycles. The topological polar surface area (TPSA) is 50.2 Å². The van der Waals surface area contributed by atoms with E-state index in [0.717, 1.165) is 38.0 Å². The number of nitrogens with one attached hydrogen (secondary N) is 1. The molecule has 1 aliphatic heterocycles. The van der Waals surface area contributed by atoms with E-state index < -0.39 is 0 Å². The smallest absolute Gasteiger partial charge is 0.253 e. The Labute approximate surface area is 137 Å². The number of aryl methyl sites for hydroxylation is 2. The van der Waals surface area contributed by atoms with Gasteiger partial charge in [0.25, 0.3) is 5.91 Å². The molecule has 0 unspecified atom stereocenters. The highest BCUT2D eigenvalue weighted by molar-refractivity contribution is 5.94. The maximum atomic E-state index is 12.5. The summed E-state index contributed by atoms with van der Waals surface area (Å²) in [6.45, 7) is 4.49. The molecule has 0 radical (unpaired) electrons. The Balaban J connectivity index is 1.49. The first kappa shape index (κ1) is 15.7. The van der Waals surface area contributed by atoms with Gasteiger partial charge in [-0.15, -0.1) is 0 Å². The van der Waals surface area contributed by atoms with Gasteiger partial charge in [0.05, 0.1) is 12.0 Å². The first-order valence-electron chi connectivity index (χ1n) is 8.18. The number of amides is 1. The zero-order chi connectivity index (χ0) is 16.2. The number of piperidine rings is 1. The molecular weight excluding hydrogens is 288 g/mol. The highest BCUT2D eigenvalue weighted by Gasteiger charge is 2.23. The van der Waals surface area contributed by atoms with Crippen LogP contribution in [0.25, 0.3) is 0 Å². The Morgan fingerprint density at radius 2 is 1.96 bits per heavy atom. The van der Waals surface area contributed by atoms with Crippen molar-refractivity contribution in [2.75, 3.05) is 13.1 Å². The van der Waals surface area contributed by atoms with E-state index in [4.69, 9.17) is 0 Å². The van der Waals surface area contributed by atoms with Crippen LogP contribution in [0, 0.1) is 6.92 Å². The first-order valence-corrected chi connectivity index (χ1v) is 8.18. The zero-order valence-corrected chi connectivity index (χ0v) is 13.8. The van der Waals surface area contributed by atoms with Crippen molar-refractivity contribution in [1.29, 1.82) is 0 Å². The van der Waals surface area contributed by atoms with Crippen LogP contribution in [0.5, 0.6) is 0 Å². The first-order chi connectivity index (χ1) is 11.1. The van der Waals surface area contributed by atoms with Crippen molar-refractivity contribution in [2.24, 2.45) is 7.05 Å². The molecule has 1 saturated heterocycles. The number of benzene rings is 1. The van der Waals surface area contributed by atoms with Gasteiger partial charge in [-0.3, -0.25) is 4.79 Å². The molecule has 1 aromatic heterocycles. The molecule has 3 rings (SSSR count). The summed E-state index contributed by atoms with van der Waals surface area (Å²) in [6, 6.07) is 8.30. The number of hydrogen-bond acceptors (Lipinski definition) is 3. The fraction of sp³-hybridized carbons (Fsp3) is 0.444. The lowest BCUT2D eigenvalue weighted by Crippen LogP contribution is -2.44. The van der Waals surface area contributed by atoms with Crippen LogP contribution in [-0.4, -0.2) is 39.5 Å². The van der Waals surface area contributed by atoms with Gasteiger partial charge in [-0.25, -0.2) is 4.98 Å². The third kappa shape index (κ3) is 3.79. The number of carbonyl (C=O) groups excluding carboxylic acids is 1. The molecular formula is C18H24N4O. The third-order valence-electron chi connectivity index (χ3n) is 4.57. The van der Waals surface area contributed by atoms with Gasteiger partial charge in [0.1, 0.15) is 0 Å². The summed E-state index contributed by atoms with van der Waals surface area (Å²) in [7, 11) is 2.01. The maximum Gasteiger partial charge on any atom is 0.253 e. The number of likely N-dealkylation sites (tertiary alicyclic amines) is 1. The Morgan fingerprint density at radius 1 is 1.26 bits per heavy atom. The van der Waals surface area contributed by atoms with E-state index in [1.165, 1.54) is 11.3 Å². The number of hydrogen-bond donors (Lipinski definition) is 1. The number of nitrogens with zero attached hydrogens (tertiary/aromatic N) is 3. The van der Waals surface area contributed by atoms with Crippen LogP contribution < -0.4 is 5.32 Å². The molecule has 1 amide bonds. The normalized spacial score (nSPS) is 15.8. The third-order valence-corrected chi connectivity index (χ3v) is 4.57. The average molecular weight is 312 g/mol. The molecule has 0 spiro atoms. The van der Waals surface area contributed by atoms with Crippen LogP contribution in [0.2, 0.25) is 0 Å². The van der Waals surface area contributed by atoms with Crippen molar-refractivity contribution in [3.63, 3.8) is 0 Å². The second kappa shape index (κ2) is 6.96. The minimum Gasteiger partial charge on any atom is -0.339 e. The minimum absolute atomic E-state index is 0.148.